The minimum absolute atomic E-state index is 0.637. The van der Waals surface area contributed by atoms with E-state index in [0.717, 1.165) is 25.3 Å². The number of rotatable bonds is 4. The predicted molar refractivity (Wildman–Crippen MR) is 61.8 cm³/mol. The van der Waals surface area contributed by atoms with Crippen LogP contribution in [0.1, 0.15) is 15.9 Å². The van der Waals surface area contributed by atoms with Gasteiger partial charge in [0, 0.05) is 0 Å². The molecule has 5 nitrogen and oxygen atoms in total. The fourth-order valence-corrected chi connectivity index (χ4v) is 1.49. The molecule has 1 rings (SSSR count). The van der Waals surface area contributed by atoms with E-state index in [0.29, 0.717) is 0 Å². The first-order chi connectivity index (χ1) is 9.31. The minimum Gasteiger partial charge on any atom is -0.467 e. The average molecular weight is 291 g/mol. The Labute approximate surface area is 112 Å². The van der Waals surface area contributed by atoms with E-state index in [1.165, 1.54) is 6.07 Å². The molecule has 2 N–H and O–H groups in total. The summed E-state index contributed by atoms with van der Waals surface area (Å²) in [5.74, 6) is -2.08. The van der Waals surface area contributed by atoms with Gasteiger partial charge in [-0.1, -0.05) is 12.1 Å². The smallest absolute Gasteiger partial charge is 0.417 e. The molecule has 0 saturated heterocycles. The number of amides is 1. The van der Waals surface area contributed by atoms with Crippen molar-refractivity contribution in [1.29, 1.82) is 0 Å². The maximum atomic E-state index is 12.7. The molecule has 0 saturated carbocycles. The number of esters is 1. The number of ether oxygens (including phenoxy) is 1. The molecule has 0 radical (unpaired) electrons. The van der Waals surface area contributed by atoms with E-state index in [9.17, 15) is 22.8 Å². The van der Waals surface area contributed by atoms with Crippen LogP contribution in [-0.2, 0) is 15.7 Å². The SMILES string of the molecule is COC(=O)C(CO)NC(=O)c1ccccc1C(F)(F)F. The molecule has 0 bridgehead atoms. The second-order valence-electron chi connectivity index (χ2n) is 3.78. The van der Waals surface area contributed by atoms with Gasteiger partial charge in [0.05, 0.1) is 24.8 Å². The number of halogens is 3. The van der Waals surface area contributed by atoms with Crippen molar-refractivity contribution in [2.45, 2.75) is 12.2 Å². The molecule has 0 spiro atoms. The molecule has 0 aliphatic rings. The number of hydrogen-bond acceptors (Lipinski definition) is 4. The van der Waals surface area contributed by atoms with E-state index < -0.39 is 41.8 Å². The number of carbonyl (C=O) groups is 2. The van der Waals surface area contributed by atoms with Crippen molar-refractivity contribution in [3.63, 3.8) is 0 Å². The number of aliphatic hydroxyl groups is 1. The summed E-state index contributed by atoms with van der Waals surface area (Å²) in [6.07, 6.45) is -4.70. The van der Waals surface area contributed by atoms with E-state index in [2.05, 4.69) is 4.74 Å². The van der Waals surface area contributed by atoms with Gasteiger partial charge in [-0.3, -0.25) is 4.79 Å². The summed E-state index contributed by atoms with van der Waals surface area (Å²) in [7, 11) is 1.03. The summed E-state index contributed by atoms with van der Waals surface area (Å²) in [6.45, 7) is -0.785. The van der Waals surface area contributed by atoms with Gasteiger partial charge in [-0.25, -0.2) is 4.79 Å². The molecular formula is C12H12F3NO4. The molecule has 1 atom stereocenters. The monoisotopic (exact) mass is 291 g/mol. The van der Waals surface area contributed by atoms with Crippen LogP contribution in [0.15, 0.2) is 24.3 Å². The van der Waals surface area contributed by atoms with E-state index in [1.54, 1.807) is 0 Å². The molecule has 8 heteroatoms. The molecule has 20 heavy (non-hydrogen) atoms. The number of alkyl halides is 3. The Kier molecular flexibility index (Phi) is 5.09. The summed E-state index contributed by atoms with van der Waals surface area (Å²) >= 11 is 0. The van der Waals surface area contributed by atoms with Crippen molar-refractivity contribution in [1.82, 2.24) is 5.32 Å². The average Bonchev–Trinajstić information content (AvgIpc) is 2.42. The molecule has 1 aromatic rings. The second kappa shape index (κ2) is 6.38. The van der Waals surface area contributed by atoms with Crippen molar-refractivity contribution < 1.29 is 32.6 Å². The van der Waals surface area contributed by atoms with Crippen LogP contribution in [0, 0.1) is 0 Å². The van der Waals surface area contributed by atoms with E-state index >= 15 is 0 Å². The Hall–Kier alpha value is -2.09. The summed E-state index contributed by atoms with van der Waals surface area (Å²) in [5, 5.41) is 10.9. The molecule has 1 unspecified atom stereocenters. The molecular weight excluding hydrogens is 279 g/mol. The summed E-state index contributed by atoms with van der Waals surface area (Å²) < 4.78 is 42.5. The standard InChI is InChI=1S/C12H12F3NO4/c1-20-11(19)9(6-17)16-10(18)7-4-2-3-5-8(7)12(13,14)15/h2-5,9,17H,6H2,1H3,(H,16,18). The third kappa shape index (κ3) is 3.70. The lowest BCUT2D eigenvalue weighted by molar-refractivity contribution is -0.143. The zero-order valence-electron chi connectivity index (χ0n) is 10.4. The third-order valence-corrected chi connectivity index (χ3v) is 2.45. The van der Waals surface area contributed by atoms with Gasteiger partial charge in [-0.2, -0.15) is 13.2 Å². The highest BCUT2D eigenvalue weighted by molar-refractivity contribution is 5.98. The van der Waals surface area contributed by atoms with Crippen LogP contribution in [0.5, 0.6) is 0 Å². The Morgan fingerprint density at radius 3 is 2.45 bits per heavy atom. The van der Waals surface area contributed by atoms with Gasteiger partial charge in [-0.15, -0.1) is 0 Å². The predicted octanol–water partition coefficient (Wildman–Crippen LogP) is 0.969. The fourth-order valence-electron chi connectivity index (χ4n) is 1.49. The van der Waals surface area contributed by atoms with Gasteiger partial charge >= 0.3 is 12.1 Å². The molecule has 1 aromatic carbocycles. The Bertz CT molecular complexity index is 502. The van der Waals surface area contributed by atoms with Crippen LogP contribution >= 0.6 is 0 Å². The maximum Gasteiger partial charge on any atom is 0.417 e. The zero-order valence-corrected chi connectivity index (χ0v) is 10.4. The second-order valence-corrected chi connectivity index (χ2v) is 3.78. The Morgan fingerprint density at radius 2 is 1.95 bits per heavy atom. The van der Waals surface area contributed by atoms with E-state index in [4.69, 9.17) is 5.11 Å². The number of methoxy groups -OCH3 is 1. The fraction of sp³-hybridized carbons (Fsp3) is 0.333. The number of nitrogens with one attached hydrogen (secondary N) is 1. The van der Waals surface area contributed by atoms with Gasteiger partial charge in [-0.05, 0) is 12.1 Å². The van der Waals surface area contributed by atoms with Gasteiger partial charge in [0.15, 0.2) is 6.04 Å². The van der Waals surface area contributed by atoms with Crippen molar-refractivity contribution in [2.24, 2.45) is 0 Å². The number of benzene rings is 1. The Balaban J connectivity index is 3.01. The van der Waals surface area contributed by atoms with E-state index in [-0.39, 0.29) is 0 Å². The summed E-state index contributed by atoms with van der Waals surface area (Å²) in [4.78, 5) is 22.9. The minimum atomic E-state index is -4.70. The molecule has 0 heterocycles. The lowest BCUT2D eigenvalue weighted by atomic mass is 10.1. The van der Waals surface area contributed by atoms with Crippen molar-refractivity contribution in [3.05, 3.63) is 35.4 Å². The van der Waals surface area contributed by atoms with Gasteiger partial charge in [0.25, 0.3) is 5.91 Å². The quantitative estimate of drug-likeness (QED) is 0.811. The first-order valence-corrected chi connectivity index (χ1v) is 5.47. The summed E-state index contributed by atoms with van der Waals surface area (Å²) in [6, 6.07) is 2.71. The van der Waals surface area contributed by atoms with Crippen molar-refractivity contribution in [2.75, 3.05) is 13.7 Å². The van der Waals surface area contributed by atoms with Crippen molar-refractivity contribution >= 4 is 11.9 Å². The third-order valence-electron chi connectivity index (χ3n) is 2.45. The number of hydrogen-bond donors (Lipinski definition) is 2. The molecule has 1 amide bonds. The van der Waals surface area contributed by atoms with Gasteiger partial charge in [0.1, 0.15) is 0 Å². The first-order valence-electron chi connectivity index (χ1n) is 5.47. The number of carbonyl (C=O) groups excluding carboxylic acids is 2. The highest BCUT2D eigenvalue weighted by Gasteiger charge is 2.35. The number of aliphatic hydroxyl groups excluding tert-OH is 1. The van der Waals surface area contributed by atoms with Gasteiger partial charge in [0.2, 0.25) is 0 Å². The highest BCUT2D eigenvalue weighted by atomic mass is 19.4. The zero-order chi connectivity index (χ0) is 15.3. The van der Waals surface area contributed by atoms with Gasteiger partial charge < -0.3 is 15.2 Å². The summed E-state index contributed by atoms with van der Waals surface area (Å²) in [5.41, 5.74) is -1.76. The van der Waals surface area contributed by atoms with Crippen LogP contribution in [0.3, 0.4) is 0 Å². The largest absolute Gasteiger partial charge is 0.467 e. The van der Waals surface area contributed by atoms with Crippen molar-refractivity contribution in [3.8, 4) is 0 Å². The van der Waals surface area contributed by atoms with Crippen LogP contribution in [0.4, 0.5) is 13.2 Å². The topological polar surface area (TPSA) is 75.6 Å². The maximum absolute atomic E-state index is 12.7. The highest BCUT2D eigenvalue weighted by Crippen LogP contribution is 2.31. The Morgan fingerprint density at radius 1 is 1.35 bits per heavy atom. The molecule has 0 aromatic heterocycles. The first kappa shape index (κ1) is 16.0. The molecule has 0 fully saturated rings. The van der Waals surface area contributed by atoms with Crippen LogP contribution < -0.4 is 5.32 Å². The van der Waals surface area contributed by atoms with E-state index in [1.807, 2.05) is 5.32 Å². The van der Waals surface area contributed by atoms with Crippen LogP contribution in [0.2, 0.25) is 0 Å². The molecule has 0 aliphatic carbocycles. The normalized spacial score (nSPS) is 12.7. The molecule has 0 aliphatic heterocycles. The lowest BCUT2D eigenvalue weighted by Crippen LogP contribution is -2.44. The van der Waals surface area contributed by atoms with Crippen LogP contribution in [-0.4, -0.2) is 36.7 Å². The van der Waals surface area contributed by atoms with Crippen LogP contribution in [0.25, 0.3) is 0 Å². The lowest BCUT2D eigenvalue weighted by Gasteiger charge is -2.16. The molecule has 110 valence electrons.